The van der Waals surface area contributed by atoms with Crippen LogP contribution in [0.3, 0.4) is 0 Å². The number of hydrogen-bond acceptors (Lipinski definition) is 6. The second-order valence-electron chi connectivity index (χ2n) is 6.57. The molecule has 0 fully saturated rings. The molecule has 0 radical (unpaired) electrons. The zero-order valence-corrected chi connectivity index (χ0v) is 16.3. The largest absolute Gasteiger partial charge is 0.493 e. The van der Waals surface area contributed by atoms with E-state index in [0.29, 0.717) is 28.6 Å². The van der Waals surface area contributed by atoms with E-state index in [1.54, 1.807) is 20.3 Å². The molecule has 7 heteroatoms. The minimum absolute atomic E-state index is 0.0689. The maximum Gasteiger partial charge on any atom is 0.337 e. The third kappa shape index (κ3) is 2.89. The number of methoxy groups -OCH3 is 2. The molecule has 2 heterocycles. The second-order valence-corrected chi connectivity index (χ2v) is 7.00. The van der Waals surface area contributed by atoms with Crippen LogP contribution >= 0.6 is 11.6 Å². The highest BCUT2D eigenvalue weighted by molar-refractivity contribution is 6.30. The van der Waals surface area contributed by atoms with Crippen LogP contribution in [-0.2, 0) is 9.53 Å². The van der Waals surface area contributed by atoms with Crippen LogP contribution in [0.25, 0.3) is 0 Å². The van der Waals surface area contributed by atoms with Crippen LogP contribution in [-0.4, -0.2) is 45.1 Å². The van der Waals surface area contributed by atoms with E-state index < -0.39 is 0 Å². The summed E-state index contributed by atoms with van der Waals surface area (Å²) in [5.74, 6) is 0.424. The third-order valence-corrected chi connectivity index (χ3v) is 5.36. The van der Waals surface area contributed by atoms with E-state index in [1.807, 2.05) is 35.2 Å². The third-order valence-electron chi connectivity index (χ3n) is 5.13. The van der Waals surface area contributed by atoms with Gasteiger partial charge in [0.1, 0.15) is 6.61 Å². The van der Waals surface area contributed by atoms with Crippen molar-refractivity contribution in [1.82, 2.24) is 0 Å². The summed E-state index contributed by atoms with van der Waals surface area (Å²) in [5, 5.41) is 10.2. The number of nitrogens with zero attached hydrogens (tertiary/aromatic N) is 1. The molecule has 0 saturated heterocycles. The van der Waals surface area contributed by atoms with Gasteiger partial charge < -0.3 is 24.2 Å². The number of hydrogen-bond donors (Lipinski definition) is 1. The SMILES string of the molecule is COc1cc2c(cc1OC)N(CCO)C1=C(C(=O)OC1)C2c1cccc(Cl)c1. The van der Waals surface area contributed by atoms with E-state index in [2.05, 4.69) is 0 Å². The molecule has 1 N–H and O–H groups in total. The van der Waals surface area contributed by atoms with Crippen LogP contribution in [0.2, 0.25) is 5.02 Å². The number of anilines is 1. The molecule has 28 heavy (non-hydrogen) atoms. The Balaban J connectivity index is 2.00. The summed E-state index contributed by atoms with van der Waals surface area (Å²) in [4.78, 5) is 14.6. The minimum Gasteiger partial charge on any atom is -0.493 e. The van der Waals surface area contributed by atoms with Gasteiger partial charge in [0.2, 0.25) is 0 Å². The Morgan fingerprint density at radius 3 is 2.64 bits per heavy atom. The molecule has 0 spiro atoms. The molecular formula is C21H20ClNO5. The highest BCUT2D eigenvalue weighted by Gasteiger charge is 2.42. The summed E-state index contributed by atoms with van der Waals surface area (Å²) < 4.78 is 16.3. The van der Waals surface area contributed by atoms with Crippen LogP contribution < -0.4 is 14.4 Å². The van der Waals surface area contributed by atoms with Crippen molar-refractivity contribution < 1.29 is 24.1 Å². The van der Waals surface area contributed by atoms with E-state index in [9.17, 15) is 9.90 Å². The summed E-state index contributed by atoms with van der Waals surface area (Å²) in [6.45, 7) is 0.430. The lowest BCUT2D eigenvalue weighted by Gasteiger charge is -2.36. The highest BCUT2D eigenvalue weighted by Crippen LogP contribution is 2.50. The molecule has 2 aromatic carbocycles. The Kier molecular flexibility index (Phi) is 4.91. The Morgan fingerprint density at radius 1 is 1.21 bits per heavy atom. The molecule has 0 bridgehead atoms. The van der Waals surface area contributed by atoms with Crippen LogP contribution in [0.5, 0.6) is 11.5 Å². The van der Waals surface area contributed by atoms with Gasteiger partial charge in [-0.2, -0.15) is 0 Å². The fraction of sp³-hybridized carbons (Fsp3) is 0.286. The van der Waals surface area contributed by atoms with Crippen LogP contribution in [0.4, 0.5) is 5.69 Å². The maximum absolute atomic E-state index is 12.7. The Bertz CT molecular complexity index is 971. The van der Waals surface area contributed by atoms with Gasteiger partial charge in [0.15, 0.2) is 11.5 Å². The number of benzene rings is 2. The average molecular weight is 402 g/mol. The zero-order valence-electron chi connectivity index (χ0n) is 15.6. The van der Waals surface area contributed by atoms with Gasteiger partial charge in [0, 0.05) is 29.2 Å². The van der Waals surface area contributed by atoms with Gasteiger partial charge in [-0.15, -0.1) is 0 Å². The number of rotatable bonds is 5. The normalized spacial score (nSPS) is 17.9. The van der Waals surface area contributed by atoms with Crippen molar-refractivity contribution in [2.45, 2.75) is 5.92 Å². The molecule has 2 aliphatic heterocycles. The summed E-state index contributed by atoms with van der Waals surface area (Å²) in [6, 6.07) is 11.2. The first-order valence-electron chi connectivity index (χ1n) is 8.89. The summed E-state index contributed by atoms with van der Waals surface area (Å²) >= 11 is 6.23. The van der Waals surface area contributed by atoms with Gasteiger partial charge in [-0.25, -0.2) is 4.79 Å². The van der Waals surface area contributed by atoms with Crippen molar-refractivity contribution in [2.24, 2.45) is 0 Å². The lowest BCUT2D eigenvalue weighted by molar-refractivity contribution is -0.136. The molecule has 4 rings (SSSR count). The fourth-order valence-electron chi connectivity index (χ4n) is 3.95. The smallest absolute Gasteiger partial charge is 0.337 e. The topological polar surface area (TPSA) is 68.2 Å². The van der Waals surface area contributed by atoms with Crippen molar-refractivity contribution >= 4 is 23.3 Å². The van der Waals surface area contributed by atoms with E-state index >= 15 is 0 Å². The Labute approximate surface area is 167 Å². The van der Waals surface area contributed by atoms with Crippen LogP contribution in [0.15, 0.2) is 47.7 Å². The molecule has 2 aliphatic rings. The monoisotopic (exact) mass is 401 g/mol. The zero-order chi connectivity index (χ0) is 19.8. The summed E-state index contributed by atoms with van der Waals surface area (Å²) in [6.07, 6.45) is 0. The van der Waals surface area contributed by atoms with Crippen LogP contribution in [0, 0.1) is 0 Å². The number of aliphatic hydroxyl groups excluding tert-OH is 1. The first kappa shape index (κ1) is 18.7. The van der Waals surface area contributed by atoms with Crippen molar-refractivity contribution in [1.29, 1.82) is 0 Å². The average Bonchev–Trinajstić information content (AvgIpc) is 3.08. The second kappa shape index (κ2) is 7.37. The maximum atomic E-state index is 12.7. The van der Waals surface area contributed by atoms with Crippen molar-refractivity contribution in [3.63, 3.8) is 0 Å². The molecule has 0 amide bonds. The molecule has 0 aromatic heterocycles. The molecule has 1 atom stereocenters. The van der Waals surface area contributed by atoms with Gasteiger partial charge in [0.25, 0.3) is 0 Å². The van der Waals surface area contributed by atoms with Crippen molar-refractivity contribution in [3.05, 3.63) is 63.8 Å². The van der Waals surface area contributed by atoms with E-state index in [1.165, 1.54) is 0 Å². The molecule has 6 nitrogen and oxygen atoms in total. The Morgan fingerprint density at radius 2 is 1.96 bits per heavy atom. The number of carbonyl (C=O) groups is 1. The molecule has 0 saturated carbocycles. The number of aliphatic hydroxyl groups is 1. The summed E-state index contributed by atoms with van der Waals surface area (Å²) in [5.41, 5.74) is 3.91. The van der Waals surface area contributed by atoms with Gasteiger partial charge >= 0.3 is 5.97 Å². The van der Waals surface area contributed by atoms with E-state index in [-0.39, 0.29) is 25.1 Å². The number of ether oxygens (including phenoxy) is 3. The van der Waals surface area contributed by atoms with Crippen molar-refractivity contribution in [3.8, 4) is 11.5 Å². The van der Waals surface area contributed by atoms with E-state index in [4.69, 9.17) is 25.8 Å². The molecule has 146 valence electrons. The number of cyclic esters (lactones) is 1. The molecule has 2 aromatic rings. The first-order valence-corrected chi connectivity index (χ1v) is 9.26. The number of fused-ring (bicyclic) bond motifs is 1. The van der Waals surface area contributed by atoms with Gasteiger partial charge in [-0.1, -0.05) is 23.7 Å². The van der Waals surface area contributed by atoms with Crippen LogP contribution in [0.1, 0.15) is 17.0 Å². The fourth-order valence-corrected chi connectivity index (χ4v) is 4.15. The first-order chi connectivity index (χ1) is 13.6. The number of esters is 1. The van der Waals surface area contributed by atoms with Crippen molar-refractivity contribution in [2.75, 3.05) is 38.9 Å². The minimum atomic E-state index is -0.358. The van der Waals surface area contributed by atoms with Gasteiger partial charge in [-0.05, 0) is 29.3 Å². The summed E-state index contributed by atoms with van der Waals surface area (Å²) in [7, 11) is 3.15. The number of carbonyl (C=O) groups excluding carboxylic acids is 1. The Hall–Kier alpha value is -2.70. The predicted octanol–water partition coefficient (Wildman–Crippen LogP) is 3.11. The quantitative estimate of drug-likeness (QED) is 0.776. The van der Waals surface area contributed by atoms with E-state index in [0.717, 1.165) is 22.5 Å². The molecule has 0 aliphatic carbocycles. The number of β-amino-alcohol motifs (C(OH)–C–C–N with tert-alkyl or cyclic N) is 1. The lowest BCUT2D eigenvalue weighted by Crippen LogP contribution is -2.33. The molecular weight excluding hydrogens is 382 g/mol. The lowest BCUT2D eigenvalue weighted by atomic mass is 9.80. The number of halogens is 1. The van der Waals surface area contributed by atoms with Gasteiger partial charge in [0.05, 0.1) is 32.1 Å². The van der Waals surface area contributed by atoms with Gasteiger partial charge in [-0.3, -0.25) is 0 Å². The predicted molar refractivity (Wildman–Crippen MR) is 105 cm³/mol. The highest BCUT2D eigenvalue weighted by atomic mass is 35.5. The molecule has 1 unspecified atom stereocenters. The standard InChI is InChI=1S/C21H20ClNO5/c1-26-17-9-14-15(10-18(17)27-2)23(6-7-24)16-11-28-21(25)20(16)19(14)12-4-3-5-13(22)8-12/h3-5,8-10,19,24H,6-7,11H2,1-2H3.